The van der Waals surface area contributed by atoms with Gasteiger partial charge in [-0.15, -0.1) is 0 Å². The summed E-state index contributed by atoms with van der Waals surface area (Å²) in [7, 11) is 1.86. The molecule has 0 heterocycles. The minimum atomic E-state index is -0.370. The summed E-state index contributed by atoms with van der Waals surface area (Å²) in [6, 6.07) is -0.0665. The van der Waals surface area contributed by atoms with Crippen molar-refractivity contribution in [2.75, 3.05) is 19.1 Å². The summed E-state index contributed by atoms with van der Waals surface area (Å²) in [5.74, 6) is 1.24. The van der Waals surface area contributed by atoms with Gasteiger partial charge in [0, 0.05) is 18.8 Å². The molecule has 0 saturated carbocycles. The predicted molar refractivity (Wildman–Crippen MR) is 68.0 cm³/mol. The molecular formula is C11H24N2OS. The van der Waals surface area contributed by atoms with Crippen LogP contribution in [0.5, 0.6) is 0 Å². The first kappa shape index (κ1) is 14.8. The highest BCUT2D eigenvalue weighted by molar-refractivity contribution is 7.98. The number of amides is 1. The standard InChI is InChI=1S/C11H24N2OS/c1-6-9(7-15-5)13(4)11(14)10(12)8(2)3/h8-10H,6-7,12H2,1-5H3/t9?,10-/m0/s1. The zero-order valence-corrected chi connectivity index (χ0v) is 11.3. The highest BCUT2D eigenvalue weighted by Gasteiger charge is 2.25. The van der Waals surface area contributed by atoms with E-state index in [1.54, 1.807) is 16.7 Å². The summed E-state index contributed by atoms with van der Waals surface area (Å²) in [6.07, 6.45) is 3.04. The first-order chi connectivity index (χ1) is 6.95. The van der Waals surface area contributed by atoms with Gasteiger partial charge in [0.25, 0.3) is 0 Å². The second-order valence-corrected chi connectivity index (χ2v) is 5.15. The maximum Gasteiger partial charge on any atom is 0.239 e. The van der Waals surface area contributed by atoms with E-state index in [9.17, 15) is 4.79 Å². The lowest BCUT2D eigenvalue weighted by atomic mass is 10.0. The molecule has 0 fully saturated rings. The van der Waals surface area contributed by atoms with E-state index in [4.69, 9.17) is 5.73 Å². The fraction of sp³-hybridized carbons (Fsp3) is 0.909. The van der Waals surface area contributed by atoms with E-state index in [1.165, 1.54) is 0 Å². The van der Waals surface area contributed by atoms with Gasteiger partial charge in [-0.2, -0.15) is 11.8 Å². The SMILES string of the molecule is CCC(CSC)N(C)C(=O)[C@@H](N)C(C)C. The van der Waals surface area contributed by atoms with Crippen molar-refractivity contribution in [3.63, 3.8) is 0 Å². The minimum absolute atomic E-state index is 0.0610. The van der Waals surface area contributed by atoms with Gasteiger partial charge in [0.2, 0.25) is 5.91 Å². The Morgan fingerprint density at radius 1 is 1.47 bits per heavy atom. The Balaban J connectivity index is 4.39. The summed E-state index contributed by atoms with van der Waals surface area (Å²) in [4.78, 5) is 13.8. The molecule has 0 bridgehead atoms. The fourth-order valence-corrected chi connectivity index (χ4v) is 2.24. The van der Waals surface area contributed by atoms with Gasteiger partial charge in [-0.05, 0) is 18.6 Å². The number of hydrogen-bond donors (Lipinski definition) is 1. The summed E-state index contributed by atoms with van der Waals surface area (Å²) in [5.41, 5.74) is 5.85. The first-order valence-corrected chi connectivity index (χ1v) is 6.86. The largest absolute Gasteiger partial charge is 0.341 e. The second kappa shape index (κ2) is 7.12. The van der Waals surface area contributed by atoms with Gasteiger partial charge in [-0.25, -0.2) is 0 Å². The molecule has 3 nitrogen and oxygen atoms in total. The number of rotatable bonds is 6. The van der Waals surface area contributed by atoms with E-state index in [0.29, 0.717) is 6.04 Å². The highest BCUT2D eigenvalue weighted by atomic mass is 32.2. The fourth-order valence-electron chi connectivity index (χ4n) is 1.40. The molecule has 2 atom stereocenters. The van der Waals surface area contributed by atoms with Gasteiger partial charge in [0.1, 0.15) is 0 Å². The monoisotopic (exact) mass is 232 g/mol. The van der Waals surface area contributed by atoms with Gasteiger partial charge < -0.3 is 10.6 Å². The Morgan fingerprint density at radius 2 is 2.00 bits per heavy atom. The Morgan fingerprint density at radius 3 is 2.33 bits per heavy atom. The zero-order chi connectivity index (χ0) is 12.0. The summed E-state index contributed by atoms with van der Waals surface area (Å²) >= 11 is 1.77. The van der Waals surface area contributed by atoms with E-state index in [0.717, 1.165) is 12.2 Å². The molecule has 15 heavy (non-hydrogen) atoms. The van der Waals surface area contributed by atoms with Crippen LogP contribution in [0.1, 0.15) is 27.2 Å². The Kier molecular flexibility index (Phi) is 7.02. The van der Waals surface area contributed by atoms with Crippen LogP contribution in [-0.4, -0.2) is 41.9 Å². The molecule has 0 aromatic heterocycles. The second-order valence-electron chi connectivity index (χ2n) is 4.24. The number of thioether (sulfide) groups is 1. The van der Waals surface area contributed by atoms with E-state index in [1.807, 2.05) is 20.9 Å². The summed E-state index contributed by atoms with van der Waals surface area (Å²) in [6.45, 7) is 6.06. The molecule has 0 aliphatic rings. The molecule has 0 aliphatic carbocycles. The van der Waals surface area contributed by atoms with Crippen molar-refractivity contribution in [3.8, 4) is 0 Å². The number of carbonyl (C=O) groups excluding carboxylic acids is 1. The van der Waals surface area contributed by atoms with Gasteiger partial charge in [0.15, 0.2) is 0 Å². The Labute approximate surface area is 97.8 Å². The number of carbonyl (C=O) groups is 1. The third-order valence-electron chi connectivity index (χ3n) is 2.73. The smallest absolute Gasteiger partial charge is 0.239 e. The van der Waals surface area contributed by atoms with E-state index >= 15 is 0 Å². The van der Waals surface area contributed by atoms with Crippen LogP contribution in [0.15, 0.2) is 0 Å². The van der Waals surface area contributed by atoms with E-state index in [-0.39, 0.29) is 17.9 Å². The van der Waals surface area contributed by atoms with Crippen molar-refractivity contribution in [3.05, 3.63) is 0 Å². The van der Waals surface area contributed by atoms with E-state index in [2.05, 4.69) is 13.2 Å². The molecule has 0 aromatic rings. The Hall–Kier alpha value is -0.220. The van der Waals surface area contributed by atoms with Crippen LogP contribution in [0.4, 0.5) is 0 Å². The van der Waals surface area contributed by atoms with Crippen LogP contribution in [0.2, 0.25) is 0 Å². The summed E-state index contributed by atoms with van der Waals surface area (Å²) in [5, 5.41) is 0. The Bertz CT molecular complexity index is 197. The quantitative estimate of drug-likeness (QED) is 0.756. The van der Waals surface area contributed by atoms with Crippen LogP contribution in [0.3, 0.4) is 0 Å². The third kappa shape index (κ3) is 4.43. The minimum Gasteiger partial charge on any atom is -0.341 e. The van der Waals surface area contributed by atoms with Crippen LogP contribution >= 0.6 is 11.8 Å². The predicted octanol–water partition coefficient (Wildman–Crippen LogP) is 1.57. The van der Waals surface area contributed by atoms with E-state index < -0.39 is 0 Å². The number of nitrogens with zero attached hydrogens (tertiary/aromatic N) is 1. The van der Waals surface area contributed by atoms with Crippen molar-refractivity contribution in [2.24, 2.45) is 11.7 Å². The number of hydrogen-bond acceptors (Lipinski definition) is 3. The van der Waals surface area contributed by atoms with Crippen molar-refractivity contribution in [2.45, 2.75) is 39.3 Å². The number of likely N-dealkylation sites (N-methyl/N-ethyl adjacent to an activating group) is 1. The van der Waals surface area contributed by atoms with Gasteiger partial charge in [-0.1, -0.05) is 20.8 Å². The average Bonchev–Trinajstić information content (AvgIpc) is 2.22. The maximum atomic E-state index is 12.0. The molecule has 4 heteroatoms. The molecule has 0 aromatic carbocycles. The van der Waals surface area contributed by atoms with Gasteiger partial charge in [-0.3, -0.25) is 4.79 Å². The van der Waals surface area contributed by atoms with Crippen LogP contribution < -0.4 is 5.73 Å². The lowest BCUT2D eigenvalue weighted by molar-refractivity contribution is -0.134. The highest BCUT2D eigenvalue weighted by Crippen LogP contribution is 2.11. The lowest BCUT2D eigenvalue weighted by Crippen LogP contribution is -2.49. The molecule has 0 aliphatic heterocycles. The molecule has 2 N–H and O–H groups in total. The topological polar surface area (TPSA) is 46.3 Å². The number of nitrogens with two attached hydrogens (primary N) is 1. The molecule has 0 saturated heterocycles. The molecule has 90 valence electrons. The zero-order valence-electron chi connectivity index (χ0n) is 10.5. The normalized spacial score (nSPS) is 15.1. The van der Waals surface area contributed by atoms with Gasteiger partial charge >= 0.3 is 0 Å². The lowest BCUT2D eigenvalue weighted by Gasteiger charge is -2.30. The van der Waals surface area contributed by atoms with Crippen LogP contribution in [0, 0.1) is 5.92 Å². The molecule has 0 radical (unpaired) electrons. The third-order valence-corrected chi connectivity index (χ3v) is 3.45. The molecule has 1 unspecified atom stereocenters. The van der Waals surface area contributed by atoms with Crippen molar-refractivity contribution in [1.29, 1.82) is 0 Å². The molecule has 1 amide bonds. The summed E-state index contributed by atoms with van der Waals surface area (Å²) < 4.78 is 0. The van der Waals surface area contributed by atoms with Crippen molar-refractivity contribution >= 4 is 17.7 Å². The molecule has 0 spiro atoms. The average molecular weight is 232 g/mol. The van der Waals surface area contributed by atoms with Crippen LogP contribution in [0.25, 0.3) is 0 Å². The molecule has 0 rings (SSSR count). The van der Waals surface area contributed by atoms with Crippen molar-refractivity contribution < 1.29 is 4.79 Å². The first-order valence-electron chi connectivity index (χ1n) is 5.46. The van der Waals surface area contributed by atoms with Gasteiger partial charge in [0.05, 0.1) is 6.04 Å². The van der Waals surface area contributed by atoms with Crippen molar-refractivity contribution in [1.82, 2.24) is 4.90 Å². The van der Waals surface area contributed by atoms with Crippen LogP contribution in [-0.2, 0) is 4.79 Å². The maximum absolute atomic E-state index is 12.0. The molecular weight excluding hydrogens is 208 g/mol.